The van der Waals surface area contributed by atoms with Gasteiger partial charge in [0.05, 0.1) is 38.2 Å². The number of non-ortho nitro benzene ring substituents is 1. The van der Waals surface area contributed by atoms with Crippen molar-refractivity contribution in [3.05, 3.63) is 52.1 Å². The van der Waals surface area contributed by atoms with Crippen molar-refractivity contribution < 1.29 is 19.1 Å². The monoisotopic (exact) mass is 331 g/mol. The highest BCUT2D eigenvalue weighted by atomic mass is 16.6. The maximum Gasteiger partial charge on any atom is 0.269 e. The molecular formula is C16H17N3O5. The van der Waals surface area contributed by atoms with E-state index >= 15 is 0 Å². The van der Waals surface area contributed by atoms with Crippen LogP contribution in [0.2, 0.25) is 0 Å². The minimum atomic E-state index is -0.457. The molecule has 8 nitrogen and oxygen atoms in total. The molecule has 0 radical (unpaired) electrons. The molecule has 0 aliphatic rings. The standard InChI is InChI=1S/C16H17N3O5/c1-22-14-9-4-11(15(23-2)16(14)24-3)10-17-18-12-5-7-13(8-6-12)19(20)21/h4-10,18H,1-3H3. The summed E-state index contributed by atoms with van der Waals surface area (Å²) in [6.45, 7) is 0. The van der Waals surface area contributed by atoms with Gasteiger partial charge in [0.15, 0.2) is 11.5 Å². The van der Waals surface area contributed by atoms with Crippen molar-refractivity contribution in [1.82, 2.24) is 0 Å². The normalized spacial score (nSPS) is 10.5. The van der Waals surface area contributed by atoms with Crippen molar-refractivity contribution in [2.24, 2.45) is 5.10 Å². The molecule has 0 aliphatic carbocycles. The van der Waals surface area contributed by atoms with Gasteiger partial charge in [0.1, 0.15) is 0 Å². The first kappa shape index (κ1) is 17.1. The van der Waals surface area contributed by atoms with E-state index in [9.17, 15) is 10.1 Å². The maximum atomic E-state index is 10.6. The molecule has 2 aromatic carbocycles. The van der Waals surface area contributed by atoms with Gasteiger partial charge in [0.25, 0.3) is 5.69 Å². The van der Waals surface area contributed by atoms with Crippen LogP contribution in [0.5, 0.6) is 17.2 Å². The van der Waals surface area contributed by atoms with Crippen molar-refractivity contribution in [3.8, 4) is 17.2 Å². The van der Waals surface area contributed by atoms with E-state index in [1.54, 1.807) is 37.6 Å². The van der Waals surface area contributed by atoms with E-state index in [2.05, 4.69) is 10.5 Å². The van der Waals surface area contributed by atoms with E-state index < -0.39 is 4.92 Å². The van der Waals surface area contributed by atoms with Crippen LogP contribution in [0, 0.1) is 10.1 Å². The Bertz CT molecular complexity index is 744. The second-order valence-corrected chi connectivity index (χ2v) is 4.60. The molecular weight excluding hydrogens is 314 g/mol. The third-order valence-corrected chi connectivity index (χ3v) is 3.21. The number of nitro groups is 1. The number of rotatable bonds is 7. The van der Waals surface area contributed by atoms with Gasteiger partial charge in [-0.2, -0.15) is 5.10 Å². The van der Waals surface area contributed by atoms with Gasteiger partial charge in [0.2, 0.25) is 5.75 Å². The summed E-state index contributed by atoms with van der Waals surface area (Å²) in [7, 11) is 4.59. The summed E-state index contributed by atoms with van der Waals surface area (Å²) in [5, 5.41) is 14.7. The number of methoxy groups -OCH3 is 3. The molecule has 2 rings (SSSR count). The third-order valence-electron chi connectivity index (χ3n) is 3.21. The van der Waals surface area contributed by atoms with Crippen LogP contribution in [0.15, 0.2) is 41.5 Å². The average molecular weight is 331 g/mol. The lowest BCUT2D eigenvalue weighted by atomic mass is 10.2. The molecule has 0 saturated carbocycles. The number of nitrogens with zero attached hydrogens (tertiary/aromatic N) is 2. The molecule has 0 fully saturated rings. The summed E-state index contributed by atoms with van der Waals surface area (Å²) < 4.78 is 15.9. The Balaban J connectivity index is 2.18. The van der Waals surface area contributed by atoms with Gasteiger partial charge >= 0.3 is 0 Å². The fourth-order valence-electron chi connectivity index (χ4n) is 2.06. The fraction of sp³-hybridized carbons (Fsp3) is 0.188. The molecule has 0 saturated heterocycles. The van der Waals surface area contributed by atoms with E-state index in [4.69, 9.17) is 14.2 Å². The van der Waals surface area contributed by atoms with E-state index in [-0.39, 0.29) is 5.69 Å². The minimum absolute atomic E-state index is 0.0195. The fourth-order valence-corrected chi connectivity index (χ4v) is 2.06. The van der Waals surface area contributed by atoms with Gasteiger partial charge in [-0.05, 0) is 24.3 Å². The molecule has 0 heterocycles. The van der Waals surface area contributed by atoms with E-state index in [0.29, 0.717) is 28.5 Å². The number of benzene rings is 2. The molecule has 24 heavy (non-hydrogen) atoms. The summed E-state index contributed by atoms with van der Waals surface area (Å²) in [5.41, 5.74) is 4.12. The van der Waals surface area contributed by atoms with Crippen LogP contribution < -0.4 is 19.6 Å². The highest BCUT2D eigenvalue weighted by Crippen LogP contribution is 2.38. The van der Waals surface area contributed by atoms with Crippen molar-refractivity contribution in [2.45, 2.75) is 0 Å². The van der Waals surface area contributed by atoms with Crippen LogP contribution in [-0.2, 0) is 0 Å². The lowest BCUT2D eigenvalue weighted by Gasteiger charge is -2.13. The van der Waals surface area contributed by atoms with Gasteiger partial charge in [0, 0.05) is 17.7 Å². The summed E-state index contributed by atoms with van der Waals surface area (Å²) in [4.78, 5) is 10.2. The smallest absolute Gasteiger partial charge is 0.269 e. The van der Waals surface area contributed by atoms with Crippen molar-refractivity contribution in [2.75, 3.05) is 26.8 Å². The van der Waals surface area contributed by atoms with Crippen LogP contribution in [0.3, 0.4) is 0 Å². The summed E-state index contributed by atoms with van der Waals surface area (Å²) in [6.07, 6.45) is 1.56. The number of nitrogens with one attached hydrogen (secondary N) is 1. The predicted molar refractivity (Wildman–Crippen MR) is 90.4 cm³/mol. The average Bonchev–Trinajstić information content (AvgIpc) is 2.61. The second-order valence-electron chi connectivity index (χ2n) is 4.60. The van der Waals surface area contributed by atoms with Crippen LogP contribution in [0.4, 0.5) is 11.4 Å². The SMILES string of the molecule is COc1ccc(C=NNc2ccc([N+](=O)[O-])cc2)c(OC)c1OC. The Morgan fingerprint density at radius 1 is 1.00 bits per heavy atom. The number of hydrazone groups is 1. The maximum absolute atomic E-state index is 10.6. The van der Waals surface area contributed by atoms with Gasteiger partial charge < -0.3 is 14.2 Å². The zero-order valence-electron chi connectivity index (χ0n) is 13.5. The molecule has 0 spiro atoms. The number of ether oxygens (including phenoxy) is 3. The van der Waals surface area contributed by atoms with E-state index in [1.165, 1.54) is 26.4 Å². The third kappa shape index (κ3) is 3.72. The first-order valence-electron chi connectivity index (χ1n) is 6.93. The molecule has 0 aromatic heterocycles. The zero-order chi connectivity index (χ0) is 17.5. The Kier molecular flexibility index (Phi) is 5.56. The highest BCUT2D eigenvalue weighted by molar-refractivity contribution is 5.86. The molecule has 0 unspecified atom stereocenters. The van der Waals surface area contributed by atoms with Gasteiger partial charge in [-0.3, -0.25) is 15.5 Å². The van der Waals surface area contributed by atoms with Crippen molar-refractivity contribution >= 4 is 17.6 Å². The van der Waals surface area contributed by atoms with E-state index in [1.807, 2.05) is 0 Å². The largest absolute Gasteiger partial charge is 0.493 e. The summed E-state index contributed by atoms with van der Waals surface area (Å²) in [5.74, 6) is 1.51. The number of anilines is 1. The molecule has 8 heteroatoms. The molecule has 0 atom stereocenters. The number of hydrogen-bond acceptors (Lipinski definition) is 7. The Morgan fingerprint density at radius 3 is 2.21 bits per heavy atom. The minimum Gasteiger partial charge on any atom is -0.493 e. The van der Waals surface area contributed by atoms with E-state index in [0.717, 1.165) is 0 Å². The second kappa shape index (κ2) is 7.82. The quantitative estimate of drug-likeness (QED) is 0.476. The van der Waals surface area contributed by atoms with Crippen LogP contribution in [-0.4, -0.2) is 32.5 Å². The first-order valence-corrected chi connectivity index (χ1v) is 6.93. The van der Waals surface area contributed by atoms with Crippen LogP contribution in [0.1, 0.15) is 5.56 Å². The lowest BCUT2D eigenvalue weighted by Crippen LogP contribution is -1.99. The predicted octanol–water partition coefficient (Wildman–Crippen LogP) is 3.07. The van der Waals surface area contributed by atoms with Gasteiger partial charge in [-0.25, -0.2) is 0 Å². The molecule has 0 bridgehead atoms. The summed E-state index contributed by atoms with van der Waals surface area (Å²) in [6, 6.07) is 9.46. The summed E-state index contributed by atoms with van der Waals surface area (Å²) >= 11 is 0. The molecule has 2 aromatic rings. The van der Waals surface area contributed by atoms with Gasteiger partial charge in [-0.1, -0.05) is 0 Å². The highest BCUT2D eigenvalue weighted by Gasteiger charge is 2.14. The topological polar surface area (TPSA) is 95.2 Å². The molecule has 0 aliphatic heterocycles. The molecule has 126 valence electrons. The molecule has 1 N–H and O–H groups in total. The van der Waals surface area contributed by atoms with Crippen LogP contribution >= 0.6 is 0 Å². The zero-order valence-corrected chi connectivity index (χ0v) is 13.5. The Hall–Kier alpha value is -3.29. The van der Waals surface area contributed by atoms with Crippen molar-refractivity contribution in [3.63, 3.8) is 0 Å². The Morgan fingerprint density at radius 2 is 1.67 bits per heavy atom. The van der Waals surface area contributed by atoms with Gasteiger partial charge in [-0.15, -0.1) is 0 Å². The van der Waals surface area contributed by atoms with Crippen LogP contribution in [0.25, 0.3) is 0 Å². The molecule has 0 amide bonds. The Labute approximate surface area is 138 Å². The number of nitro benzene ring substituents is 1. The first-order chi connectivity index (χ1) is 11.6. The van der Waals surface area contributed by atoms with Crippen molar-refractivity contribution in [1.29, 1.82) is 0 Å². The lowest BCUT2D eigenvalue weighted by molar-refractivity contribution is -0.384. The number of hydrogen-bond donors (Lipinski definition) is 1.